The lowest BCUT2D eigenvalue weighted by Crippen LogP contribution is -2.05. The lowest BCUT2D eigenvalue weighted by molar-refractivity contribution is 0.508. The maximum Gasteiger partial charge on any atom is 0.183 e. The number of rotatable bonds is 3. The number of nitrogens with one attached hydrogen (secondary N) is 1. The largest absolute Gasteiger partial charge is 0.377 e. The van der Waals surface area contributed by atoms with Gasteiger partial charge < -0.3 is 5.32 Å². The fraction of sp³-hybridized carbons (Fsp3) is 0.143. The Morgan fingerprint density at radius 1 is 1.21 bits per heavy atom. The highest BCUT2D eigenvalue weighted by atomic mass is 19.2. The van der Waals surface area contributed by atoms with Crippen LogP contribution in [0.5, 0.6) is 0 Å². The second-order valence-electron chi connectivity index (χ2n) is 4.02. The van der Waals surface area contributed by atoms with Gasteiger partial charge in [0.05, 0.1) is 23.5 Å². The Labute approximate surface area is 109 Å². The molecule has 0 aliphatic rings. The first-order chi connectivity index (χ1) is 9.11. The maximum absolute atomic E-state index is 13.6. The number of benzene rings is 1. The average Bonchev–Trinajstić information content (AvgIpc) is 2.41. The van der Waals surface area contributed by atoms with Gasteiger partial charge in [-0.25, -0.2) is 8.78 Å². The van der Waals surface area contributed by atoms with E-state index in [0.717, 1.165) is 11.4 Å². The number of nitriles is 1. The zero-order valence-corrected chi connectivity index (χ0v) is 10.2. The highest BCUT2D eigenvalue weighted by Crippen LogP contribution is 2.20. The number of aryl methyl sites for hydroxylation is 1. The minimum atomic E-state index is -1.13. The van der Waals surface area contributed by atoms with Gasteiger partial charge in [-0.05, 0) is 31.2 Å². The van der Waals surface area contributed by atoms with E-state index in [1.807, 2.05) is 19.1 Å². The molecule has 5 heteroatoms. The fourth-order valence-corrected chi connectivity index (χ4v) is 1.66. The summed E-state index contributed by atoms with van der Waals surface area (Å²) in [4.78, 5) is 4.24. The molecule has 0 unspecified atom stereocenters. The number of hydrogen-bond donors (Lipinski definition) is 1. The number of halogens is 2. The number of pyridine rings is 1. The van der Waals surface area contributed by atoms with Gasteiger partial charge in [0.2, 0.25) is 0 Å². The summed E-state index contributed by atoms with van der Waals surface area (Å²) in [6, 6.07) is 9.65. The van der Waals surface area contributed by atoms with E-state index in [1.54, 1.807) is 12.1 Å². The summed E-state index contributed by atoms with van der Waals surface area (Å²) in [7, 11) is 0. The molecule has 0 fully saturated rings. The number of hydrogen-bond acceptors (Lipinski definition) is 3. The van der Waals surface area contributed by atoms with Crippen LogP contribution in [0.15, 0.2) is 30.3 Å². The topological polar surface area (TPSA) is 48.7 Å². The summed E-state index contributed by atoms with van der Waals surface area (Å²) >= 11 is 0. The van der Waals surface area contributed by atoms with Crippen molar-refractivity contribution in [3.05, 3.63) is 58.9 Å². The molecule has 0 saturated carbocycles. The Morgan fingerprint density at radius 2 is 2.00 bits per heavy atom. The van der Waals surface area contributed by atoms with Crippen LogP contribution >= 0.6 is 0 Å². The van der Waals surface area contributed by atoms with Crippen LogP contribution in [0.25, 0.3) is 0 Å². The average molecular weight is 259 g/mol. The summed E-state index contributed by atoms with van der Waals surface area (Å²) in [5.41, 5.74) is 1.28. The number of nitrogens with zero attached hydrogens (tertiary/aromatic N) is 2. The van der Waals surface area contributed by atoms with Crippen molar-refractivity contribution < 1.29 is 8.78 Å². The summed E-state index contributed by atoms with van der Waals surface area (Å²) in [5, 5.41) is 11.3. The zero-order chi connectivity index (χ0) is 13.8. The molecule has 2 aromatic rings. The summed E-state index contributed by atoms with van der Waals surface area (Å²) < 4.78 is 27.0. The third kappa shape index (κ3) is 2.86. The molecule has 0 saturated heterocycles. The van der Waals surface area contributed by atoms with Crippen LogP contribution in [-0.4, -0.2) is 4.98 Å². The Balaban J connectivity index is 2.17. The van der Waals surface area contributed by atoms with Crippen LogP contribution in [0.1, 0.15) is 17.0 Å². The molecule has 1 aromatic heterocycles. The molecular formula is C14H11F2N3. The van der Waals surface area contributed by atoms with Gasteiger partial charge >= 0.3 is 0 Å². The van der Waals surface area contributed by atoms with Gasteiger partial charge in [-0.1, -0.05) is 6.07 Å². The molecule has 0 aliphatic carbocycles. The van der Waals surface area contributed by atoms with Gasteiger partial charge in [0.1, 0.15) is 6.07 Å². The molecule has 19 heavy (non-hydrogen) atoms. The number of anilines is 1. The Hall–Kier alpha value is -2.48. The summed E-state index contributed by atoms with van der Waals surface area (Å²) in [6.07, 6.45) is 0. The molecule has 0 amide bonds. The van der Waals surface area contributed by atoms with Crippen molar-refractivity contribution in [2.24, 2.45) is 0 Å². The first-order valence-electron chi connectivity index (χ1n) is 5.66. The van der Waals surface area contributed by atoms with Crippen LogP contribution in [0.4, 0.5) is 14.5 Å². The van der Waals surface area contributed by atoms with Gasteiger partial charge in [-0.15, -0.1) is 0 Å². The molecule has 1 N–H and O–H groups in total. The van der Waals surface area contributed by atoms with Crippen molar-refractivity contribution >= 4 is 5.69 Å². The monoisotopic (exact) mass is 259 g/mol. The van der Waals surface area contributed by atoms with Crippen LogP contribution in [0.3, 0.4) is 0 Å². The lowest BCUT2D eigenvalue weighted by Gasteiger charge is -2.08. The molecule has 96 valence electrons. The zero-order valence-electron chi connectivity index (χ0n) is 10.2. The van der Waals surface area contributed by atoms with Crippen molar-refractivity contribution in [3.8, 4) is 6.07 Å². The number of aromatic nitrogens is 1. The second kappa shape index (κ2) is 5.44. The third-order valence-corrected chi connectivity index (χ3v) is 2.61. The first-order valence-corrected chi connectivity index (χ1v) is 5.66. The van der Waals surface area contributed by atoms with Crippen LogP contribution in [0, 0.1) is 29.9 Å². The van der Waals surface area contributed by atoms with Gasteiger partial charge in [0, 0.05) is 5.69 Å². The molecule has 2 rings (SSSR count). The highest BCUT2D eigenvalue weighted by Gasteiger charge is 2.12. The van der Waals surface area contributed by atoms with E-state index in [-0.39, 0.29) is 17.8 Å². The van der Waals surface area contributed by atoms with Gasteiger partial charge in [0.25, 0.3) is 0 Å². The summed E-state index contributed by atoms with van der Waals surface area (Å²) in [5.74, 6) is -2.18. The van der Waals surface area contributed by atoms with E-state index in [9.17, 15) is 8.78 Å². The van der Waals surface area contributed by atoms with Crippen LogP contribution < -0.4 is 5.32 Å². The van der Waals surface area contributed by atoms with Crippen LogP contribution in [-0.2, 0) is 6.54 Å². The van der Waals surface area contributed by atoms with Gasteiger partial charge in [-0.3, -0.25) is 4.98 Å². The predicted octanol–water partition coefficient (Wildman–Crippen LogP) is 3.15. The fourth-order valence-electron chi connectivity index (χ4n) is 1.66. The minimum absolute atomic E-state index is 0.0137. The second-order valence-corrected chi connectivity index (χ2v) is 4.02. The molecule has 0 bridgehead atoms. The Bertz CT molecular complexity index is 648. The van der Waals surface area contributed by atoms with E-state index < -0.39 is 11.6 Å². The molecular weight excluding hydrogens is 248 g/mol. The molecule has 0 aliphatic heterocycles. The molecule has 0 spiro atoms. The molecule has 1 aromatic carbocycles. The van der Waals surface area contributed by atoms with Crippen molar-refractivity contribution in [2.75, 3.05) is 5.32 Å². The van der Waals surface area contributed by atoms with Crippen molar-refractivity contribution in [1.29, 1.82) is 5.26 Å². The SMILES string of the molecule is Cc1cccc(CNc2ccc(C#N)c(F)c2F)n1. The van der Waals surface area contributed by atoms with E-state index in [2.05, 4.69) is 10.3 Å². The molecule has 1 heterocycles. The highest BCUT2D eigenvalue weighted by molar-refractivity contribution is 5.49. The quantitative estimate of drug-likeness (QED) is 0.921. The van der Waals surface area contributed by atoms with Crippen LogP contribution in [0.2, 0.25) is 0 Å². The summed E-state index contributed by atoms with van der Waals surface area (Å²) in [6.45, 7) is 2.13. The van der Waals surface area contributed by atoms with E-state index in [4.69, 9.17) is 5.26 Å². The molecule has 3 nitrogen and oxygen atoms in total. The first kappa shape index (κ1) is 13.0. The predicted molar refractivity (Wildman–Crippen MR) is 67.4 cm³/mol. The molecule has 0 atom stereocenters. The van der Waals surface area contributed by atoms with E-state index in [0.29, 0.717) is 0 Å². The van der Waals surface area contributed by atoms with Crippen molar-refractivity contribution in [1.82, 2.24) is 4.98 Å². The van der Waals surface area contributed by atoms with Gasteiger partial charge in [0.15, 0.2) is 11.6 Å². The van der Waals surface area contributed by atoms with E-state index in [1.165, 1.54) is 12.1 Å². The molecule has 0 radical (unpaired) electrons. The van der Waals surface area contributed by atoms with Crippen molar-refractivity contribution in [2.45, 2.75) is 13.5 Å². The normalized spacial score (nSPS) is 10.0. The van der Waals surface area contributed by atoms with E-state index >= 15 is 0 Å². The standard InChI is InChI=1S/C14H11F2N3/c1-9-3-2-4-11(19-9)8-18-12-6-5-10(7-17)13(15)14(12)16/h2-6,18H,8H2,1H3. The van der Waals surface area contributed by atoms with Gasteiger partial charge in [-0.2, -0.15) is 5.26 Å². The Kier molecular flexibility index (Phi) is 3.71. The Morgan fingerprint density at radius 3 is 2.68 bits per heavy atom. The third-order valence-electron chi connectivity index (χ3n) is 2.61. The smallest absolute Gasteiger partial charge is 0.183 e. The lowest BCUT2D eigenvalue weighted by atomic mass is 10.2. The van der Waals surface area contributed by atoms with Crippen molar-refractivity contribution in [3.63, 3.8) is 0 Å². The maximum atomic E-state index is 13.6. The minimum Gasteiger partial charge on any atom is -0.377 e.